The summed E-state index contributed by atoms with van der Waals surface area (Å²) in [5.74, 6) is -1.69. The van der Waals surface area contributed by atoms with Gasteiger partial charge < -0.3 is 15.0 Å². The number of aryl methyl sites for hydroxylation is 1. The highest BCUT2D eigenvalue weighted by molar-refractivity contribution is 5.96. The minimum Gasteiger partial charge on any atom is -0.480 e. The number of fused-ring (bicyclic) bond motifs is 1. The highest BCUT2D eigenvalue weighted by Crippen LogP contribution is 2.22. The molecule has 0 saturated carbocycles. The number of pyridine rings is 1. The monoisotopic (exact) mass is 390 g/mol. The molecular weight excluding hydrogens is 356 g/mol. The van der Waals surface area contributed by atoms with Crippen molar-refractivity contribution in [3.63, 3.8) is 0 Å². The van der Waals surface area contributed by atoms with E-state index in [9.17, 15) is 19.5 Å². The van der Waals surface area contributed by atoms with E-state index in [1.54, 1.807) is 31.4 Å². The van der Waals surface area contributed by atoms with E-state index in [0.717, 1.165) is 62.6 Å². The lowest BCUT2D eigenvalue weighted by atomic mass is 9.86. The number of aliphatic carboxylic acids is 1. The third-order valence-electron chi connectivity index (χ3n) is 5.47. The van der Waals surface area contributed by atoms with Crippen LogP contribution in [0.2, 0.25) is 0 Å². The number of nitrogens with one attached hydrogen (secondary N) is 1. The molecule has 6 heteroatoms. The maximum Gasteiger partial charge on any atom is 0.326 e. The van der Waals surface area contributed by atoms with Crippen molar-refractivity contribution in [1.29, 1.82) is 0 Å². The number of carboxylic acid groups (broad SMARTS) is 1. The van der Waals surface area contributed by atoms with E-state index in [2.05, 4.69) is 12.2 Å². The summed E-state index contributed by atoms with van der Waals surface area (Å²) in [6.07, 6.45) is 7.95. The number of carboxylic acids is 1. The fraction of sp³-hybridized carbons (Fsp3) is 0.682. The lowest BCUT2D eigenvalue weighted by Gasteiger charge is -2.28. The molecule has 0 aliphatic heterocycles. The van der Waals surface area contributed by atoms with E-state index >= 15 is 0 Å². The molecule has 0 fully saturated rings. The van der Waals surface area contributed by atoms with Crippen molar-refractivity contribution >= 4 is 11.9 Å². The number of hydrogen-bond acceptors (Lipinski definition) is 3. The van der Waals surface area contributed by atoms with Crippen LogP contribution in [0.5, 0.6) is 0 Å². The Labute approximate surface area is 167 Å². The van der Waals surface area contributed by atoms with Crippen LogP contribution in [0, 0.1) is 5.41 Å². The predicted octanol–water partition coefficient (Wildman–Crippen LogP) is 3.54. The number of hydrogen-bond donors (Lipinski definition) is 2. The summed E-state index contributed by atoms with van der Waals surface area (Å²) in [4.78, 5) is 37.7. The van der Waals surface area contributed by atoms with Gasteiger partial charge in [0.05, 0.1) is 0 Å². The summed E-state index contributed by atoms with van der Waals surface area (Å²) in [7, 11) is 0. The number of carbonyl (C=O) groups excluding carboxylic acids is 1. The smallest absolute Gasteiger partial charge is 0.326 e. The fourth-order valence-electron chi connectivity index (χ4n) is 3.81. The first-order valence-corrected chi connectivity index (χ1v) is 10.5. The van der Waals surface area contributed by atoms with Gasteiger partial charge in [-0.15, -0.1) is 0 Å². The molecule has 1 aliphatic carbocycles. The summed E-state index contributed by atoms with van der Waals surface area (Å²) < 4.78 is 1.77. The zero-order chi connectivity index (χ0) is 20.9. The van der Waals surface area contributed by atoms with E-state index in [0.29, 0.717) is 6.54 Å². The summed E-state index contributed by atoms with van der Waals surface area (Å²) in [5, 5.41) is 12.1. The highest BCUT2D eigenvalue weighted by Gasteiger charge is 2.33. The van der Waals surface area contributed by atoms with Crippen molar-refractivity contribution in [1.82, 2.24) is 9.88 Å². The molecule has 1 aliphatic rings. The topological polar surface area (TPSA) is 88.4 Å². The van der Waals surface area contributed by atoms with Crippen molar-refractivity contribution in [2.45, 2.75) is 91.6 Å². The maximum atomic E-state index is 13.1. The van der Waals surface area contributed by atoms with Crippen molar-refractivity contribution < 1.29 is 14.7 Å². The molecule has 1 atom stereocenters. The Balaban J connectivity index is 2.48. The van der Waals surface area contributed by atoms with Crippen LogP contribution in [0.3, 0.4) is 0 Å². The number of carbonyl (C=O) groups is 2. The molecule has 2 rings (SSSR count). The van der Waals surface area contributed by atoms with Crippen molar-refractivity contribution in [3.8, 4) is 0 Å². The van der Waals surface area contributed by atoms with E-state index in [-0.39, 0.29) is 11.1 Å². The van der Waals surface area contributed by atoms with Crippen LogP contribution in [0.25, 0.3) is 0 Å². The number of rotatable bonds is 6. The van der Waals surface area contributed by atoms with Crippen LogP contribution in [0.4, 0.5) is 0 Å². The molecule has 1 amide bonds. The molecule has 2 N–H and O–H groups in total. The van der Waals surface area contributed by atoms with Gasteiger partial charge in [-0.3, -0.25) is 9.59 Å². The van der Waals surface area contributed by atoms with Gasteiger partial charge in [-0.2, -0.15) is 0 Å². The second-order valence-electron chi connectivity index (χ2n) is 8.87. The molecule has 0 aromatic carbocycles. The van der Waals surface area contributed by atoms with Gasteiger partial charge in [-0.25, -0.2) is 4.79 Å². The Kier molecular flexibility index (Phi) is 7.44. The molecule has 28 heavy (non-hydrogen) atoms. The molecular formula is C22H34N2O4. The van der Waals surface area contributed by atoms with Gasteiger partial charge >= 0.3 is 5.97 Å². The summed E-state index contributed by atoms with van der Waals surface area (Å²) in [6.45, 7) is 7.94. The highest BCUT2D eigenvalue weighted by atomic mass is 16.4. The third kappa shape index (κ3) is 5.24. The molecule has 0 radical (unpaired) electrons. The first-order chi connectivity index (χ1) is 13.2. The quantitative estimate of drug-likeness (QED) is 0.778. The second-order valence-corrected chi connectivity index (χ2v) is 8.87. The Morgan fingerprint density at radius 3 is 2.39 bits per heavy atom. The van der Waals surface area contributed by atoms with E-state index in [1.807, 2.05) is 0 Å². The minimum atomic E-state index is -1.10. The molecule has 6 nitrogen and oxygen atoms in total. The van der Waals surface area contributed by atoms with Crippen LogP contribution in [-0.4, -0.2) is 27.6 Å². The average molecular weight is 391 g/mol. The number of unbranched alkanes of at least 4 members (excludes halogenated alkanes) is 1. The van der Waals surface area contributed by atoms with Gasteiger partial charge in [0.25, 0.3) is 11.5 Å². The Hall–Kier alpha value is -2.11. The van der Waals surface area contributed by atoms with E-state index < -0.39 is 23.3 Å². The second kappa shape index (κ2) is 9.39. The zero-order valence-electron chi connectivity index (χ0n) is 17.6. The molecule has 0 spiro atoms. The predicted molar refractivity (Wildman–Crippen MR) is 110 cm³/mol. The SMILES string of the molecule is CCCCn1c2c(cc(C(=O)NC(C(=O)O)C(C)(C)C)c1=O)CCCCCC2. The van der Waals surface area contributed by atoms with Crippen LogP contribution in [-0.2, 0) is 24.2 Å². The lowest BCUT2D eigenvalue weighted by Crippen LogP contribution is -2.50. The molecule has 0 saturated heterocycles. The maximum absolute atomic E-state index is 13.1. The zero-order valence-corrected chi connectivity index (χ0v) is 17.6. The normalized spacial score (nSPS) is 15.9. The van der Waals surface area contributed by atoms with Crippen molar-refractivity contribution in [3.05, 3.63) is 33.2 Å². The minimum absolute atomic E-state index is 0.0610. The number of amides is 1. The first kappa shape index (κ1) is 22.2. The summed E-state index contributed by atoms with van der Waals surface area (Å²) in [5.41, 5.74) is 1.21. The molecule has 0 bridgehead atoms. The van der Waals surface area contributed by atoms with Crippen LogP contribution in [0.15, 0.2) is 10.9 Å². The van der Waals surface area contributed by atoms with Gasteiger partial charge in [0.1, 0.15) is 11.6 Å². The molecule has 1 heterocycles. The van der Waals surface area contributed by atoms with Crippen LogP contribution in [0.1, 0.15) is 87.8 Å². The summed E-state index contributed by atoms with van der Waals surface area (Å²) in [6, 6.07) is 0.646. The van der Waals surface area contributed by atoms with Gasteiger partial charge in [0.2, 0.25) is 0 Å². The molecule has 1 aromatic rings. The average Bonchev–Trinajstić information content (AvgIpc) is 2.58. The third-order valence-corrected chi connectivity index (χ3v) is 5.47. The van der Waals surface area contributed by atoms with Gasteiger partial charge in [0, 0.05) is 12.2 Å². The van der Waals surface area contributed by atoms with Gasteiger partial charge in [0.15, 0.2) is 0 Å². The Bertz CT molecular complexity index is 774. The van der Waals surface area contributed by atoms with Crippen molar-refractivity contribution in [2.24, 2.45) is 5.41 Å². The lowest BCUT2D eigenvalue weighted by molar-refractivity contribution is -0.142. The fourth-order valence-corrected chi connectivity index (χ4v) is 3.81. The summed E-state index contributed by atoms with van der Waals surface area (Å²) >= 11 is 0. The molecule has 156 valence electrons. The van der Waals surface area contributed by atoms with Crippen LogP contribution < -0.4 is 10.9 Å². The molecule has 1 unspecified atom stereocenters. The largest absolute Gasteiger partial charge is 0.480 e. The number of aromatic nitrogens is 1. The Morgan fingerprint density at radius 1 is 1.18 bits per heavy atom. The standard InChI is InChI=1S/C22H34N2O4/c1-5-6-13-24-17-12-10-8-7-9-11-15(17)14-16(20(24)26)19(25)23-18(21(27)28)22(2,3)4/h14,18H,5-13H2,1-4H3,(H,23,25)(H,27,28). The Morgan fingerprint density at radius 2 is 1.82 bits per heavy atom. The van der Waals surface area contributed by atoms with E-state index in [4.69, 9.17) is 0 Å². The van der Waals surface area contributed by atoms with Crippen molar-refractivity contribution in [2.75, 3.05) is 0 Å². The van der Waals surface area contributed by atoms with E-state index in [1.165, 1.54) is 0 Å². The van der Waals surface area contributed by atoms with Crippen LogP contribution >= 0.6 is 0 Å². The van der Waals surface area contributed by atoms with Gasteiger partial charge in [-0.1, -0.05) is 47.0 Å². The van der Waals surface area contributed by atoms with Gasteiger partial charge in [-0.05, 0) is 49.1 Å². The first-order valence-electron chi connectivity index (χ1n) is 10.5. The molecule has 1 aromatic heterocycles. The number of nitrogens with zero attached hydrogens (tertiary/aromatic N) is 1.